The van der Waals surface area contributed by atoms with E-state index >= 15 is 0 Å². The van der Waals surface area contributed by atoms with Crippen LogP contribution in [-0.4, -0.2) is 33.0 Å². The molecule has 6 nitrogen and oxygen atoms in total. The van der Waals surface area contributed by atoms with E-state index in [-0.39, 0.29) is 41.8 Å². The summed E-state index contributed by atoms with van der Waals surface area (Å²) in [6.07, 6.45) is 3.46. The highest BCUT2D eigenvalue weighted by molar-refractivity contribution is 7.93. The number of benzene rings is 2. The molecule has 26 heavy (non-hydrogen) atoms. The normalized spacial score (nSPS) is 23.5. The lowest BCUT2D eigenvalue weighted by Gasteiger charge is -2.27. The smallest absolute Gasteiger partial charge is 0.265 e. The van der Waals surface area contributed by atoms with Gasteiger partial charge < -0.3 is 11.1 Å². The summed E-state index contributed by atoms with van der Waals surface area (Å²) in [5, 5.41) is 4.52. The fraction of sp³-hybridized carbons (Fsp3) is 0.389. The number of rotatable bonds is 3. The summed E-state index contributed by atoms with van der Waals surface area (Å²) in [7, 11) is -3.69. The van der Waals surface area contributed by atoms with Gasteiger partial charge in [0.25, 0.3) is 10.0 Å². The van der Waals surface area contributed by atoms with E-state index in [2.05, 4.69) is 5.32 Å². The lowest BCUT2D eigenvalue weighted by molar-refractivity contribution is -0.120. The molecule has 2 aromatic carbocycles. The molecule has 2 aliphatic rings. The number of nitrogens with zero attached hydrogens (tertiary/aromatic N) is 1. The van der Waals surface area contributed by atoms with E-state index in [4.69, 9.17) is 5.73 Å². The van der Waals surface area contributed by atoms with E-state index in [0.29, 0.717) is 11.1 Å². The molecule has 140 valence electrons. The van der Waals surface area contributed by atoms with Gasteiger partial charge in [-0.2, -0.15) is 0 Å². The molecule has 4 rings (SSSR count). The van der Waals surface area contributed by atoms with Crippen LogP contribution in [0.25, 0.3) is 10.8 Å². The summed E-state index contributed by atoms with van der Waals surface area (Å²) >= 11 is 0. The van der Waals surface area contributed by atoms with Gasteiger partial charge in [-0.15, -0.1) is 12.4 Å². The molecule has 3 N–H and O–H groups in total. The summed E-state index contributed by atoms with van der Waals surface area (Å²) in [6.45, 7) is -0.196. The van der Waals surface area contributed by atoms with Gasteiger partial charge in [0.15, 0.2) is 0 Å². The number of amides is 1. The molecule has 0 saturated heterocycles. The van der Waals surface area contributed by atoms with Crippen LogP contribution in [0.5, 0.6) is 0 Å². The topological polar surface area (TPSA) is 92.5 Å². The largest absolute Gasteiger partial charge is 0.352 e. The number of anilines is 1. The molecule has 0 atom stereocenters. The zero-order valence-electron chi connectivity index (χ0n) is 14.2. The first-order chi connectivity index (χ1) is 12.0. The number of hydrogen-bond acceptors (Lipinski definition) is 4. The first-order valence-electron chi connectivity index (χ1n) is 8.56. The molecular weight excluding hydrogens is 374 g/mol. The van der Waals surface area contributed by atoms with Gasteiger partial charge in [0, 0.05) is 17.5 Å². The van der Waals surface area contributed by atoms with Crippen LogP contribution >= 0.6 is 12.4 Å². The average molecular weight is 396 g/mol. The van der Waals surface area contributed by atoms with Crippen molar-refractivity contribution in [2.24, 2.45) is 5.73 Å². The summed E-state index contributed by atoms with van der Waals surface area (Å²) in [5.74, 6) is -0.270. The molecule has 0 spiro atoms. The van der Waals surface area contributed by atoms with E-state index in [1.807, 2.05) is 18.2 Å². The predicted molar refractivity (Wildman–Crippen MR) is 104 cm³/mol. The van der Waals surface area contributed by atoms with Crippen molar-refractivity contribution in [2.75, 3.05) is 10.8 Å². The van der Waals surface area contributed by atoms with Gasteiger partial charge in [0.2, 0.25) is 5.91 Å². The standard InChI is InChI=1S/C18H21N3O3S.ClH/c19-13-7-9-14(10-8-13)20-17(22)11-21-15-5-1-3-12-4-2-6-16(18(12)15)25(21,23)24;/h1-6,13-14H,7-11,19H2,(H,20,22);1H. The minimum Gasteiger partial charge on any atom is -0.352 e. The Hall–Kier alpha value is -1.83. The Labute approximate surface area is 159 Å². The summed E-state index contributed by atoms with van der Waals surface area (Å²) in [4.78, 5) is 12.7. The van der Waals surface area contributed by atoms with Crippen molar-refractivity contribution in [3.8, 4) is 0 Å². The molecule has 0 unspecified atom stereocenters. The predicted octanol–water partition coefficient (Wildman–Crippen LogP) is 2.16. The molecule has 1 aliphatic heterocycles. The molecule has 2 aromatic rings. The number of sulfonamides is 1. The van der Waals surface area contributed by atoms with Gasteiger partial charge in [0.1, 0.15) is 6.54 Å². The van der Waals surface area contributed by atoms with Crippen LogP contribution in [0.15, 0.2) is 41.3 Å². The van der Waals surface area contributed by atoms with E-state index in [0.717, 1.165) is 31.1 Å². The molecule has 1 fully saturated rings. The van der Waals surface area contributed by atoms with Gasteiger partial charge in [-0.3, -0.25) is 9.10 Å². The van der Waals surface area contributed by atoms with Crippen molar-refractivity contribution in [3.05, 3.63) is 36.4 Å². The number of halogens is 1. The van der Waals surface area contributed by atoms with E-state index in [9.17, 15) is 13.2 Å². The third-order valence-electron chi connectivity index (χ3n) is 5.11. The molecule has 0 aromatic heterocycles. The van der Waals surface area contributed by atoms with Crippen LogP contribution in [0.4, 0.5) is 5.69 Å². The number of carbonyl (C=O) groups excluding carboxylic acids is 1. The first-order valence-corrected chi connectivity index (χ1v) is 10.0. The zero-order chi connectivity index (χ0) is 17.6. The molecule has 1 heterocycles. The number of nitrogens with one attached hydrogen (secondary N) is 1. The summed E-state index contributed by atoms with van der Waals surface area (Å²) < 4.78 is 26.9. The second kappa shape index (κ2) is 7.06. The van der Waals surface area contributed by atoms with Crippen molar-refractivity contribution < 1.29 is 13.2 Å². The fourth-order valence-corrected chi connectivity index (χ4v) is 5.46. The van der Waals surface area contributed by atoms with Crippen molar-refractivity contribution in [1.29, 1.82) is 0 Å². The zero-order valence-corrected chi connectivity index (χ0v) is 15.9. The minimum atomic E-state index is -3.69. The molecular formula is C18H22ClN3O3S. The Morgan fingerprint density at radius 1 is 1.12 bits per heavy atom. The second-order valence-electron chi connectivity index (χ2n) is 6.82. The second-order valence-corrected chi connectivity index (χ2v) is 8.65. The van der Waals surface area contributed by atoms with Crippen LogP contribution in [-0.2, 0) is 14.8 Å². The van der Waals surface area contributed by atoms with Crippen LogP contribution in [0, 0.1) is 0 Å². The summed E-state index contributed by atoms with van der Waals surface area (Å²) in [5.41, 5.74) is 6.46. The van der Waals surface area contributed by atoms with Crippen LogP contribution in [0.1, 0.15) is 25.7 Å². The van der Waals surface area contributed by atoms with E-state index in [1.165, 1.54) is 4.31 Å². The van der Waals surface area contributed by atoms with Gasteiger partial charge >= 0.3 is 0 Å². The molecule has 0 radical (unpaired) electrons. The van der Waals surface area contributed by atoms with Gasteiger partial charge in [0.05, 0.1) is 10.6 Å². The molecule has 1 amide bonds. The fourth-order valence-electron chi connectivity index (χ4n) is 3.80. The van der Waals surface area contributed by atoms with E-state index < -0.39 is 10.0 Å². The van der Waals surface area contributed by atoms with Crippen molar-refractivity contribution in [3.63, 3.8) is 0 Å². The van der Waals surface area contributed by atoms with Crippen LogP contribution < -0.4 is 15.4 Å². The molecule has 0 bridgehead atoms. The number of nitrogens with two attached hydrogens (primary N) is 1. The number of carbonyl (C=O) groups is 1. The van der Waals surface area contributed by atoms with Gasteiger partial charge in [-0.25, -0.2) is 8.42 Å². The minimum absolute atomic E-state index is 0. The molecule has 1 aliphatic carbocycles. The Bertz CT molecular complexity index is 935. The maximum absolute atomic E-state index is 12.9. The first kappa shape index (κ1) is 18.9. The molecule has 1 saturated carbocycles. The van der Waals surface area contributed by atoms with Crippen molar-refractivity contribution in [1.82, 2.24) is 5.32 Å². The van der Waals surface area contributed by atoms with Crippen LogP contribution in [0.2, 0.25) is 0 Å². The van der Waals surface area contributed by atoms with Crippen LogP contribution in [0.3, 0.4) is 0 Å². The van der Waals surface area contributed by atoms with Gasteiger partial charge in [-0.1, -0.05) is 24.3 Å². The van der Waals surface area contributed by atoms with Gasteiger partial charge in [-0.05, 0) is 43.2 Å². The highest BCUT2D eigenvalue weighted by Gasteiger charge is 2.36. The Balaban J connectivity index is 0.00000196. The number of hydrogen-bond donors (Lipinski definition) is 2. The monoisotopic (exact) mass is 395 g/mol. The quantitative estimate of drug-likeness (QED) is 0.832. The Morgan fingerprint density at radius 2 is 1.77 bits per heavy atom. The third-order valence-corrected chi connectivity index (χ3v) is 6.91. The maximum atomic E-state index is 12.9. The maximum Gasteiger partial charge on any atom is 0.265 e. The Morgan fingerprint density at radius 3 is 2.46 bits per heavy atom. The SMILES string of the molecule is Cl.NC1CCC(NC(=O)CN2c3cccc4cccc(c34)S2(=O)=O)CC1. The van der Waals surface area contributed by atoms with Crippen molar-refractivity contribution in [2.45, 2.75) is 42.7 Å². The van der Waals surface area contributed by atoms with Crippen molar-refractivity contribution >= 4 is 44.8 Å². The lowest BCUT2D eigenvalue weighted by Crippen LogP contribution is -2.45. The van der Waals surface area contributed by atoms with E-state index in [1.54, 1.807) is 18.2 Å². The Kier molecular flexibility index (Phi) is 5.14. The third kappa shape index (κ3) is 3.15. The molecule has 8 heteroatoms. The lowest BCUT2D eigenvalue weighted by atomic mass is 9.92. The highest BCUT2D eigenvalue weighted by atomic mass is 35.5. The highest BCUT2D eigenvalue weighted by Crippen LogP contribution is 2.41. The average Bonchev–Trinajstić information content (AvgIpc) is 2.81. The summed E-state index contributed by atoms with van der Waals surface area (Å²) in [6, 6.07) is 10.9.